The second kappa shape index (κ2) is 3.12. The average Bonchev–Trinajstić information content (AvgIpc) is 2.52. The lowest BCUT2D eigenvalue weighted by Crippen LogP contribution is -2.03. The van der Waals surface area contributed by atoms with E-state index in [0.29, 0.717) is 0 Å². The molecule has 0 amide bonds. The van der Waals surface area contributed by atoms with Crippen molar-refractivity contribution in [2.45, 2.75) is 20.8 Å². The first-order valence-electron chi connectivity index (χ1n) is 4.43. The summed E-state index contributed by atoms with van der Waals surface area (Å²) in [6, 6.07) is 0. The first kappa shape index (κ1) is 10.8. The molecule has 1 rings (SSSR count). The molecular weight excluding hydrogens is 184 g/mol. The zero-order valence-corrected chi connectivity index (χ0v) is 8.44. The van der Waals surface area contributed by atoms with E-state index < -0.39 is 17.9 Å². The van der Waals surface area contributed by atoms with E-state index in [0.717, 1.165) is 0 Å². The quantitative estimate of drug-likeness (QED) is 0.672. The largest absolute Gasteiger partial charge is 0.481 e. The SMILES string of the molecule is C/C(=C\[C@@H]1[C@@H](C(=O)O)C1(C)C)C(=O)O. The number of hydrogen-bond donors (Lipinski definition) is 2. The van der Waals surface area contributed by atoms with Crippen LogP contribution < -0.4 is 0 Å². The normalized spacial score (nSPS) is 29.8. The van der Waals surface area contributed by atoms with Gasteiger partial charge in [0.25, 0.3) is 0 Å². The van der Waals surface area contributed by atoms with Gasteiger partial charge in [0, 0.05) is 5.57 Å². The minimum absolute atomic E-state index is 0.156. The Kier molecular flexibility index (Phi) is 2.39. The van der Waals surface area contributed by atoms with Crippen molar-refractivity contribution in [2.75, 3.05) is 0 Å². The lowest BCUT2D eigenvalue weighted by atomic mass is 10.1. The van der Waals surface area contributed by atoms with Gasteiger partial charge < -0.3 is 10.2 Å². The smallest absolute Gasteiger partial charge is 0.330 e. The molecule has 1 fully saturated rings. The predicted octanol–water partition coefficient (Wildman–Crippen LogP) is 1.37. The number of aliphatic carboxylic acids is 2. The molecule has 0 unspecified atom stereocenters. The van der Waals surface area contributed by atoms with Crippen LogP contribution in [-0.2, 0) is 9.59 Å². The minimum Gasteiger partial charge on any atom is -0.481 e. The minimum atomic E-state index is -0.989. The third kappa shape index (κ3) is 1.64. The summed E-state index contributed by atoms with van der Waals surface area (Å²) >= 11 is 0. The molecule has 14 heavy (non-hydrogen) atoms. The van der Waals surface area contributed by atoms with Gasteiger partial charge in [0.15, 0.2) is 0 Å². The number of carbonyl (C=O) groups is 2. The summed E-state index contributed by atoms with van der Waals surface area (Å²) in [6.07, 6.45) is 1.54. The summed E-state index contributed by atoms with van der Waals surface area (Å²) in [7, 11) is 0. The molecule has 0 aliphatic heterocycles. The zero-order chi connectivity index (χ0) is 11.1. The highest BCUT2D eigenvalue weighted by molar-refractivity contribution is 5.86. The van der Waals surface area contributed by atoms with E-state index in [-0.39, 0.29) is 16.9 Å². The maximum Gasteiger partial charge on any atom is 0.330 e. The Bertz CT molecular complexity index is 314. The van der Waals surface area contributed by atoms with Crippen molar-refractivity contribution in [2.24, 2.45) is 17.3 Å². The van der Waals surface area contributed by atoms with Gasteiger partial charge in [-0.15, -0.1) is 0 Å². The van der Waals surface area contributed by atoms with Crippen LogP contribution in [0.2, 0.25) is 0 Å². The van der Waals surface area contributed by atoms with Crippen LogP contribution in [0.4, 0.5) is 0 Å². The molecule has 4 heteroatoms. The van der Waals surface area contributed by atoms with Crippen LogP contribution in [0.3, 0.4) is 0 Å². The molecule has 1 saturated carbocycles. The molecule has 0 radical (unpaired) electrons. The molecule has 1 aliphatic carbocycles. The van der Waals surface area contributed by atoms with Crippen LogP contribution in [0.5, 0.6) is 0 Å². The summed E-state index contributed by atoms with van der Waals surface area (Å²) in [4.78, 5) is 21.3. The van der Waals surface area contributed by atoms with Crippen molar-refractivity contribution in [3.8, 4) is 0 Å². The highest BCUT2D eigenvalue weighted by Crippen LogP contribution is 2.59. The molecule has 0 bridgehead atoms. The third-order valence-electron chi connectivity index (χ3n) is 2.94. The Labute approximate surface area is 82.2 Å². The molecule has 1 aliphatic rings. The van der Waals surface area contributed by atoms with Gasteiger partial charge in [-0.05, 0) is 18.3 Å². The first-order chi connectivity index (χ1) is 6.28. The summed E-state index contributed by atoms with van der Waals surface area (Å²) in [5, 5.41) is 17.5. The summed E-state index contributed by atoms with van der Waals surface area (Å²) in [5.41, 5.74) is -0.102. The standard InChI is InChI=1S/C10H14O4/c1-5(8(11)12)4-6-7(9(13)14)10(6,2)3/h4,6-7H,1-3H3,(H,11,12)(H,13,14)/b5-4+/t6-,7+/m1/s1. The van der Waals surface area contributed by atoms with Crippen LogP contribution in [-0.4, -0.2) is 22.2 Å². The second-order valence-corrected chi connectivity index (χ2v) is 4.32. The Hall–Kier alpha value is -1.32. The Morgan fingerprint density at radius 2 is 1.79 bits per heavy atom. The van der Waals surface area contributed by atoms with Gasteiger partial charge in [0.1, 0.15) is 0 Å². The van der Waals surface area contributed by atoms with Crippen molar-refractivity contribution >= 4 is 11.9 Å². The number of allylic oxidation sites excluding steroid dienone is 1. The van der Waals surface area contributed by atoms with Crippen molar-refractivity contribution in [3.63, 3.8) is 0 Å². The average molecular weight is 198 g/mol. The van der Waals surface area contributed by atoms with E-state index in [1.165, 1.54) is 6.92 Å². The molecule has 2 atom stereocenters. The fourth-order valence-corrected chi connectivity index (χ4v) is 1.80. The Morgan fingerprint density at radius 3 is 2.07 bits per heavy atom. The van der Waals surface area contributed by atoms with E-state index in [2.05, 4.69) is 0 Å². The van der Waals surface area contributed by atoms with E-state index in [9.17, 15) is 9.59 Å². The van der Waals surface area contributed by atoms with Gasteiger partial charge in [-0.2, -0.15) is 0 Å². The zero-order valence-electron chi connectivity index (χ0n) is 8.44. The van der Waals surface area contributed by atoms with E-state index >= 15 is 0 Å². The summed E-state index contributed by atoms with van der Waals surface area (Å²) in [5.74, 6) is -2.45. The molecule has 78 valence electrons. The van der Waals surface area contributed by atoms with Crippen LogP contribution in [0.1, 0.15) is 20.8 Å². The summed E-state index contributed by atoms with van der Waals surface area (Å²) < 4.78 is 0. The van der Waals surface area contributed by atoms with Gasteiger partial charge in [-0.25, -0.2) is 4.79 Å². The molecule has 0 aromatic heterocycles. The van der Waals surface area contributed by atoms with Gasteiger partial charge in [-0.1, -0.05) is 19.9 Å². The Morgan fingerprint density at radius 1 is 1.29 bits per heavy atom. The van der Waals surface area contributed by atoms with Crippen molar-refractivity contribution in [3.05, 3.63) is 11.6 Å². The lowest BCUT2D eigenvalue weighted by Gasteiger charge is -1.97. The number of hydrogen-bond acceptors (Lipinski definition) is 2. The molecule has 2 N–H and O–H groups in total. The van der Waals surface area contributed by atoms with Crippen molar-refractivity contribution < 1.29 is 19.8 Å². The second-order valence-electron chi connectivity index (χ2n) is 4.32. The van der Waals surface area contributed by atoms with E-state index in [1.54, 1.807) is 6.08 Å². The first-order valence-corrected chi connectivity index (χ1v) is 4.43. The van der Waals surface area contributed by atoms with Gasteiger partial charge in [-0.3, -0.25) is 4.79 Å². The molecule has 0 aromatic rings. The van der Waals surface area contributed by atoms with Crippen LogP contribution >= 0.6 is 0 Å². The predicted molar refractivity (Wildman–Crippen MR) is 49.8 cm³/mol. The lowest BCUT2D eigenvalue weighted by molar-refractivity contribution is -0.139. The van der Waals surface area contributed by atoms with Crippen molar-refractivity contribution in [1.29, 1.82) is 0 Å². The van der Waals surface area contributed by atoms with Crippen LogP contribution in [0, 0.1) is 17.3 Å². The number of rotatable bonds is 3. The van der Waals surface area contributed by atoms with Crippen LogP contribution in [0.15, 0.2) is 11.6 Å². The van der Waals surface area contributed by atoms with Crippen molar-refractivity contribution in [1.82, 2.24) is 0 Å². The molecule has 0 saturated heterocycles. The number of carboxylic acids is 2. The van der Waals surface area contributed by atoms with Gasteiger partial charge in [0.05, 0.1) is 5.92 Å². The van der Waals surface area contributed by atoms with E-state index in [1.807, 2.05) is 13.8 Å². The molecule has 0 heterocycles. The number of carboxylic acid groups (broad SMARTS) is 2. The van der Waals surface area contributed by atoms with Crippen LogP contribution in [0.25, 0.3) is 0 Å². The maximum atomic E-state index is 10.8. The molecule has 0 spiro atoms. The fourth-order valence-electron chi connectivity index (χ4n) is 1.80. The Balaban J connectivity index is 2.80. The van der Waals surface area contributed by atoms with Gasteiger partial charge in [0.2, 0.25) is 0 Å². The third-order valence-corrected chi connectivity index (χ3v) is 2.94. The van der Waals surface area contributed by atoms with E-state index in [4.69, 9.17) is 10.2 Å². The molecular formula is C10H14O4. The molecule has 0 aromatic carbocycles. The highest BCUT2D eigenvalue weighted by atomic mass is 16.4. The topological polar surface area (TPSA) is 74.6 Å². The monoisotopic (exact) mass is 198 g/mol. The fraction of sp³-hybridized carbons (Fsp3) is 0.600. The highest BCUT2D eigenvalue weighted by Gasteiger charge is 2.60. The molecule has 4 nitrogen and oxygen atoms in total. The summed E-state index contributed by atoms with van der Waals surface area (Å²) in [6.45, 7) is 5.15. The maximum absolute atomic E-state index is 10.8. The van der Waals surface area contributed by atoms with Gasteiger partial charge >= 0.3 is 11.9 Å².